The Morgan fingerprint density at radius 2 is 2.00 bits per heavy atom. The van der Waals surface area contributed by atoms with Crippen LogP contribution in [0.25, 0.3) is 0 Å². The van der Waals surface area contributed by atoms with Gasteiger partial charge in [0.2, 0.25) is 5.91 Å². The minimum Gasteiger partial charge on any atom is -0.343 e. The summed E-state index contributed by atoms with van der Waals surface area (Å²) in [6, 6.07) is 0. The SMILES string of the molecule is CCN(CCCN(C)C)C(=O)C1CNCC(C)C1. The zero-order valence-corrected chi connectivity index (χ0v) is 12.4. The highest BCUT2D eigenvalue weighted by atomic mass is 16.2. The van der Waals surface area contributed by atoms with E-state index in [0.29, 0.717) is 11.8 Å². The molecule has 4 heteroatoms. The molecule has 0 bridgehead atoms. The van der Waals surface area contributed by atoms with Crippen LogP contribution in [-0.4, -0.2) is 62.5 Å². The van der Waals surface area contributed by atoms with Gasteiger partial charge in [-0.25, -0.2) is 0 Å². The molecule has 0 aromatic carbocycles. The van der Waals surface area contributed by atoms with Crippen molar-refractivity contribution in [3.63, 3.8) is 0 Å². The van der Waals surface area contributed by atoms with E-state index in [0.717, 1.165) is 45.6 Å². The lowest BCUT2D eigenvalue weighted by molar-refractivity contribution is -0.136. The first-order valence-corrected chi connectivity index (χ1v) is 7.18. The molecule has 1 N–H and O–H groups in total. The van der Waals surface area contributed by atoms with E-state index in [-0.39, 0.29) is 5.92 Å². The number of carbonyl (C=O) groups excluding carboxylic acids is 1. The first-order valence-electron chi connectivity index (χ1n) is 7.18. The van der Waals surface area contributed by atoms with E-state index in [9.17, 15) is 4.79 Å². The molecule has 2 atom stereocenters. The van der Waals surface area contributed by atoms with E-state index >= 15 is 0 Å². The summed E-state index contributed by atoms with van der Waals surface area (Å²) >= 11 is 0. The van der Waals surface area contributed by atoms with Gasteiger partial charge >= 0.3 is 0 Å². The Hall–Kier alpha value is -0.610. The molecular formula is C14H29N3O. The Balaban J connectivity index is 2.40. The van der Waals surface area contributed by atoms with Crippen molar-refractivity contribution in [2.24, 2.45) is 11.8 Å². The fourth-order valence-corrected chi connectivity index (χ4v) is 2.60. The molecule has 4 nitrogen and oxygen atoms in total. The third-order valence-corrected chi connectivity index (χ3v) is 3.65. The molecule has 1 rings (SSSR count). The van der Waals surface area contributed by atoms with Crippen molar-refractivity contribution in [3.8, 4) is 0 Å². The Kier molecular flexibility index (Phi) is 6.65. The van der Waals surface area contributed by atoms with E-state index in [1.165, 1.54) is 0 Å². The maximum absolute atomic E-state index is 12.4. The molecule has 0 radical (unpaired) electrons. The molecule has 18 heavy (non-hydrogen) atoms. The fourth-order valence-electron chi connectivity index (χ4n) is 2.60. The van der Waals surface area contributed by atoms with Gasteiger partial charge in [0.1, 0.15) is 0 Å². The van der Waals surface area contributed by atoms with Gasteiger partial charge in [-0.05, 0) is 52.9 Å². The van der Waals surface area contributed by atoms with Crippen molar-refractivity contribution >= 4 is 5.91 Å². The summed E-state index contributed by atoms with van der Waals surface area (Å²) in [5.41, 5.74) is 0. The number of piperidine rings is 1. The van der Waals surface area contributed by atoms with Gasteiger partial charge in [0.15, 0.2) is 0 Å². The number of nitrogens with one attached hydrogen (secondary N) is 1. The van der Waals surface area contributed by atoms with Crippen LogP contribution in [0.15, 0.2) is 0 Å². The van der Waals surface area contributed by atoms with Crippen molar-refractivity contribution in [2.45, 2.75) is 26.7 Å². The lowest BCUT2D eigenvalue weighted by Gasteiger charge is -2.31. The molecule has 0 aromatic heterocycles. The van der Waals surface area contributed by atoms with Crippen LogP contribution in [0.5, 0.6) is 0 Å². The second-order valence-electron chi connectivity index (χ2n) is 5.77. The highest BCUT2D eigenvalue weighted by molar-refractivity contribution is 5.79. The van der Waals surface area contributed by atoms with Gasteiger partial charge in [-0.3, -0.25) is 4.79 Å². The molecule has 1 saturated heterocycles. The van der Waals surface area contributed by atoms with Gasteiger partial charge in [-0.1, -0.05) is 6.92 Å². The Labute approximate surface area is 112 Å². The minimum atomic E-state index is 0.188. The molecule has 1 amide bonds. The minimum absolute atomic E-state index is 0.188. The predicted molar refractivity (Wildman–Crippen MR) is 75.6 cm³/mol. The Bertz CT molecular complexity index is 255. The van der Waals surface area contributed by atoms with Gasteiger partial charge < -0.3 is 15.1 Å². The average Bonchev–Trinajstić information content (AvgIpc) is 2.33. The summed E-state index contributed by atoms with van der Waals surface area (Å²) in [5, 5.41) is 3.36. The van der Waals surface area contributed by atoms with Gasteiger partial charge in [0.25, 0.3) is 0 Å². The molecule has 1 fully saturated rings. The largest absolute Gasteiger partial charge is 0.343 e. The van der Waals surface area contributed by atoms with Crippen molar-refractivity contribution < 1.29 is 4.79 Å². The smallest absolute Gasteiger partial charge is 0.226 e. The summed E-state index contributed by atoms with van der Waals surface area (Å²) in [7, 11) is 4.15. The van der Waals surface area contributed by atoms with Crippen LogP contribution in [-0.2, 0) is 4.79 Å². The van der Waals surface area contributed by atoms with Crippen LogP contribution < -0.4 is 5.32 Å². The summed E-state index contributed by atoms with van der Waals surface area (Å²) < 4.78 is 0. The van der Waals surface area contributed by atoms with E-state index in [2.05, 4.69) is 38.2 Å². The van der Waals surface area contributed by atoms with Gasteiger partial charge in [0, 0.05) is 19.6 Å². The molecule has 1 aliphatic heterocycles. The first-order chi connectivity index (χ1) is 8.54. The number of hydrogen-bond donors (Lipinski definition) is 1. The van der Waals surface area contributed by atoms with Crippen molar-refractivity contribution in [1.29, 1.82) is 0 Å². The lowest BCUT2D eigenvalue weighted by Crippen LogP contribution is -2.45. The topological polar surface area (TPSA) is 35.6 Å². The first kappa shape index (κ1) is 15.4. The molecule has 106 valence electrons. The quantitative estimate of drug-likeness (QED) is 0.770. The summed E-state index contributed by atoms with van der Waals surface area (Å²) in [6.07, 6.45) is 2.10. The average molecular weight is 255 g/mol. The number of rotatable bonds is 6. The molecule has 0 saturated carbocycles. The molecule has 2 unspecified atom stereocenters. The van der Waals surface area contributed by atoms with Crippen LogP contribution in [0.1, 0.15) is 26.7 Å². The van der Waals surface area contributed by atoms with Gasteiger partial charge in [-0.2, -0.15) is 0 Å². The maximum atomic E-state index is 12.4. The van der Waals surface area contributed by atoms with Gasteiger partial charge in [-0.15, -0.1) is 0 Å². The zero-order chi connectivity index (χ0) is 13.5. The molecule has 0 aromatic rings. The van der Waals surface area contributed by atoms with Gasteiger partial charge in [0.05, 0.1) is 5.92 Å². The standard InChI is InChI=1S/C14H29N3O/c1-5-17(8-6-7-16(3)4)14(18)13-9-12(2)10-15-11-13/h12-13,15H,5-11H2,1-4H3. The number of nitrogens with zero attached hydrogens (tertiary/aromatic N) is 2. The summed E-state index contributed by atoms with van der Waals surface area (Å²) in [5.74, 6) is 1.15. The van der Waals surface area contributed by atoms with Crippen molar-refractivity contribution in [1.82, 2.24) is 15.1 Å². The highest BCUT2D eigenvalue weighted by Crippen LogP contribution is 2.18. The lowest BCUT2D eigenvalue weighted by atomic mass is 9.91. The monoisotopic (exact) mass is 255 g/mol. The Morgan fingerprint density at radius 1 is 1.28 bits per heavy atom. The fraction of sp³-hybridized carbons (Fsp3) is 0.929. The molecule has 0 aliphatic carbocycles. The van der Waals surface area contributed by atoms with E-state index in [1.807, 2.05) is 4.90 Å². The summed E-state index contributed by atoms with van der Waals surface area (Å²) in [4.78, 5) is 16.6. The highest BCUT2D eigenvalue weighted by Gasteiger charge is 2.27. The van der Waals surface area contributed by atoms with Crippen LogP contribution >= 0.6 is 0 Å². The predicted octanol–water partition coefficient (Wildman–Crippen LogP) is 1.03. The van der Waals surface area contributed by atoms with E-state index < -0.39 is 0 Å². The van der Waals surface area contributed by atoms with Crippen molar-refractivity contribution in [3.05, 3.63) is 0 Å². The second kappa shape index (κ2) is 7.74. The number of carbonyl (C=O) groups is 1. The number of amides is 1. The van der Waals surface area contributed by atoms with E-state index in [1.54, 1.807) is 0 Å². The normalized spacial score (nSPS) is 24.3. The van der Waals surface area contributed by atoms with Crippen LogP contribution in [0.3, 0.4) is 0 Å². The van der Waals surface area contributed by atoms with Crippen molar-refractivity contribution in [2.75, 3.05) is 46.8 Å². The molecule has 1 heterocycles. The third kappa shape index (κ3) is 4.94. The maximum Gasteiger partial charge on any atom is 0.226 e. The third-order valence-electron chi connectivity index (χ3n) is 3.65. The molecular weight excluding hydrogens is 226 g/mol. The van der Waals surface area contributed by atoms with Crippen LogP contribution in [0.4, 0.5) is 0 Å². The van der Waals surface area contributed by atoms with E-state index in [4.69, 9.17) is 0 Å². The number of hydrogen-bond acceptors (Lipinski definition) is 3. The molecule has 1 aliphatic rings. The Morgan fingerprint density at radius 3 is 2.56 bits per heavy atom. The zero-order valence-electron chi connectivity index (χ0n) is 12.4. The summed E-state index contributed by atoms with van der Waals surface area (Å²) in [6.45, 7) is 8.96. The van der Waals surface area contributed by atoms with Crippen LogP contribution in [0, 0.1) is 11.8 Å². The van der Waals surface area contributed by atoms with Crippen LogP contribution in [0.2, 0.25) is 0 Å². The molecule has 0 spiro atoms. The second-order valence-corrected chi connectivity index (χ2v) is 5.77.